The Labute approximate surface area is 124 Å². The van der Waals surface area contributed by atoms with E-state index in [1.807, 2.05) is 0 Å². The molecule has 3 N–H and O–H groups in total. The van der Waals surface area contributed by atoms with Gasteiger partial charge in [-0.3, -0.25) is 19.8 Å². The first-order valence-electron chi connectivity index (χ1n) is 6.90. The van der Waals surface area contributed by atoms with Gasteiger partial charge in [0.25, 0.3) is 11.5 Å². The molecule has 3 heterocycles. The van der Waals surface area contributed by atoms with E-state index in [9.17, 15) is 9.59 Å². The van der Waals surface area contributed by atoms with Crippen LogP contribution in [0.3, 0.4) is 0 Å². The van der Waals surface area contributed by atoms with Gasteiger partial charge in [-0.15, -0.1) is 0 Å². The molecule has 3 aromatic rings. The number of nitrogens with one attached hydrogen (secondary N) is 3. The molecule has 1 aliphatic carbocycles. The van der Waals surface area contributed by atoms with Gasteiger partial charge in [0.2, 0.25) is 0 Å². The van der Waals surface area contributed by atoms with Crippen LogP contribution in [0.15, 0.2) is 29.5 Å². The van der Waals surface area contributed by atoms with Crippen LogP contribution in [0.2, 0.25) is 0 Å². The highest BCUT2D eigenvalue weighted by Crippen LogP contribution is 2.37. The molecule has 0 saturated heterocycles. The summed E-state index contributed by atoms with van der Waals surface area (Å²) in [5.41, 5.74) is 0.911. The van der Waals surface area contributed by atoms with Crippen molar-refractivity contribution in [2.45, 2.75) is 18.8 Å². The van der Waals surface area contributed by atoms with Gasteiger partial charge in [-0.25, -0.2) is 15.0 Å². The van der Waals surface area contributed by atoms with Gasteiger partial charge in [0, 0.05) is 12.1 Å². The number of H-pyrrole nitrogens is 2. The molecule has 8 heteroatoms. The summed E-state index contributed by atoms with van der Waals surface area (Å²) in [5, 5.41) is 8.08. The van der Waals surface area contributed by atoms with Crippen molar-refractivity contribution in [2.75, 3.05) is 5.32 Å². The van der Waals surface area contributed by atoms with Crippen LogP contribution in [0.25, 0.3) is 11.0 Å². The minimum absolute atomic E-state index is 0.295. The number of carbonyl (C=O) groups excluding carboxylic acids is 1. The molecule has 1 saturated carbocycles. The summed E-state index contributed by atoms with van der Waals surface area (Å²) in [4.78, 5) is 36.2. The molecule has 1 aliphatic rings. The fourth-order valence-corrected chi connectivity index (χ4v) is 2.20. The van der Waals surface area contributed by atoms with E-state index in [2.05, 4.69) is 30.5 Å². The lowest BCUT2D eigenvalue weighted by molar-refractivity contribution is 0.102. The molecule has 4 rings (SSSR count). The summed E-state index contributed by atoms with van der Waals surface area (Å²) in [5.74, 6) is 0.925. The van der Waals surface area contributed by atoms with Gasteiger partial charge in [0.15, 0.2) is 5.65 Å². The molecule has 0 spiro atoms. The van der Waals surface area contributed by atoms with E-state index in [0.717, 1.165) is 18.7 Å². The smallest absolute Gasteiger partial charge is 0.273 e. The highest BCUT2D eigenvalue weighted by Gasteiger charge is 2.26. The SMILES string of the molecule is O=C(Nc1cnc(C2CC2)nc1)c1cnc2[nH][nH]c(=O)c2c1. The van der Waals surface area contributed by atoms with Crippen LogP contribution < -0.4 is 10.9 Å². The molecule has 0 aromatic carbocycles. The zero-order chi connectivity index (χ0) is 15.1. The van der Waals surface area contributed by atoms with Crippen molar-refractivity contribution in [3.63, 3.8) is 0 Å². The lowest BCUT2D eigenvalue weighted by Gasteiger charge is -2.05. The number of hydrogen-bond donors (Lipinski definition) is 3. The van der Waals surface area contributed by atoms with Crippen LogP contribution in [0.1, 0.15) is 34.9 Å². The highest BCUT2D eigenvalue weighted by atomic mass is 16.1. The Morgan fingerprint density at radius 1 is 1.14 bits per heavy atom. The lowest BCUT2D eigenvalue weighted by Crippen LogP contribution is -2.13. The number of aromatic amines is 2. The van der Waals surface area contributed by atoms with Crippen LogP contribution >= 0.6 is 0 Å². The van der Waals surface area contributed by atoms with Crippen molar-refractivity contribution < 1.29 is 4.79 Å². The van der Waals surface area contributed by atoms with Gasteiger partial charge in [-0.2, -0.15) is 0 Å². The average Bonchev–Trinajstić information content (AvgIpc) is 3.32. The Kier molecular flexibility index (Phi) is 2.75. The summed E-state index contributed by atoms with van der Waals surface area (Å²) >= 11 is 0. The zero-order valence-corrected chi connectivity index (χ0v) is 11.5. The number of anilines is 1. The molecule has 22 heavy (non-hydrogen) atoms. The van der Waals surface area contributed by atoms with Gasteiger partial charge in [0.05, 0.1) is 29.0 Å². The molecule has 0 bridgehead atoms. The number of hydrogen-bond acceptors (Lipinski definition) is 5. The number of carbonyl (C=O) groups is 1. The second-order valence-electron chi connectivity index (χ2n) is 5.26. The number of fused-ring (bicyclic) bond motifs is 1. The average molecular weight is 296 g/mol. The normalized spacial score (nSPS) is 14.2. The van der Waals surface area contributed by atoms with Gasteiger partial charge in [0.1, 0.15) is 5.82 Å². The van der Waals surface area contributed by atoms with Crippen LogP contribution in [-0.4, -0.2) is 31.1 Å². The third kappa shape index (κ3) is 2.24. The third-order valence-electron chi connectivity index (χ3n) is 3.56. The fraction of sp³-hybridized carbons (Fsp3) is 0.214. The van der Waals surface area contributed by atoms with Crippen molar-refractivity contribution in [1.82, 2.24) is 25.1 Å². The number of nitrogens with zero attached hydrogens (tertiary/aromatic N) is 3. The maximum atomic E-state index is 12.2. The summed E-state index contributed by atoms with van der Waals surface area (Å²) < 4.78 is 0. The lowest BCUT2D eigenvalue weighted by atomic mass is 10.2. The summed E-state index contributed by atoms with van der Waals surface area (Å²) in [7, 11) is 0. The van der Waals surface area contributed by atoms with Crippen LogP contribution in [0, 0.1) is 0 Å². The largest absolute Gasteiger partial charge is 0.319 e. The Morgan fingerprint density at radius 3 is 2.64 bits per heavy atom. The van der Waals surface area contributed by atoms with Gasteiger partial charge in [-0.1, -0.05) is 0 Å². The van der Waals surface area contributed by atoms with E-state index in [0.29, 0.717) is 28.2 Å². The minimum atomic E-state index is -0.363. The van der Waals surface area contributed by atoms with Crippen molar-refractivity contribution in [2.24, 2.45) is 0 Å². The molecule has 1 fully saturated rings. The van der Waals surface area contributed by atoms with Crippen LogP contribution in [-0.2, 0) is 0 Å². The molecule has 0 radical (unpaired) electrons. The predicted molar refractivity (Wildman–Crippen MR) is 78.7 cm³/mol. The maximum Gasteiger partial charge on any atom is 0.273 e. The monoisotopic (exact) mass is 296 g/mol. The number of amides is 1. The number of pyridine rings is 1. The Balaban J connectivity index is 1.56. The standard InChI is InChI=1S/C14H12N6O2/c21-13(8-3-10-12(15-4-8)19-20-14(10)22)18-9-5-16-11(17-6-9)7-1-2-7/h3-7H,1-2H2,(H,18,21)(H2,15,19,20,22). The molecule has 0 atom stereocenters. The molecule has 0 unspecified atom stereocenters. The van der Waals surface area contributed by atoms with Crippen molar-refractivity contribution in [1.29, 1.82) is 0 Å². The second-order valence-corrected chi connectivity index (χ2v) is 5.26. The first kappa shape index (κ1) is 12.7. The quantitative estimate of drug-likeness (QED) is 0.671. The molecule has 0 aliphatic heterocycles. The van der Waals surface area contributed by atoms with Gasteiger partial charge >= 0.3 is 0 Å². The van der Waals surface area contributed by atoms with Crippen molar-refractivity contribution in [3.8, 4) is 0 Å². The van der Waals surface area contributed by atoms with E-state index in [1.54, 1.807) is 12.4 Å². The molecular weight excluding hydrogens is 284 g/mol. The molecule has 1 amide bonds. The van der Waals surface area contributed by atoms with E-state index in [4.69, 9.17) is 0 Å². The van der Waals surface area contributed by atoms with E-state index < -0.39 is 0 Å². The maximum absolute atomic E-state index is 12.2. The first-order valence-corrected chi connectivity index (χ1v) is 6.90. The van der Waals surface area contributed by atoms with E-state index in [-0.39, 0.29) is 11.5 Å². The zero-order valence-electron chi connectivity index (χ0n) is 11.5. The topological polar surface area (TPSA) is 116 Å². The Morgan fingerprint density at radius 2 is 1.91 bits per heavy atom. The van der Waals surface area contributed by atoms with Crippen molar-refractivity contribution in [3.05, 3.63) is 46.4 Å². The summed E-state index contributed by atoms with van der Waals surface area (Å²) in [6.45, 7) is 0. The molecular formula is C14H12N6O2. The number of aromatic nitrogens is 5. The summed E-state index contributed by atoms with van der Waals surface area (Å²) in [6.07, 6.45) is 6.84. The second kappa shape index (κ2) is 4.76. The van der Waals surface area contributed by atoms with Gasteiger partial charge in [-0.05, 0) is 18.9 Å². The fourth-order valence-electron chi connectivity index (χ4n) is 2.20. The van der Waals surface area contributed by atoms with Crippen LogP contribution in [0.5, 0.6) is 0 Å². The summed E-state index contributed by atoms with van der Waals surface area (Å²) in [6, 6.07) is 1.49. The van der Waals surface area contributed by atoms with E-state index >= 15 is 0 Å². The van der Waals surface area contributed by atoms with Crippen LogP contribution in [0.4, 0.5) is 5.69 Å². The van der Waals surface area contributed by atoms with Crippen molar-refractivity contribution >= 4 is 22.6 Å². The highest BCUT2D eigenvalue weighted by molar-refractivity contribution is 6.05. The molecule has 110 valence electrons. The minimum Gasteiger partial charge on any atom is -0.319 e. The predicted octanol–water partition coefficient (Wildman–Crippen LogP) is 1.17. The number of rotatable bonds is 3. The third-order valence-corrected chi connectivity index (χ3v) is 3.56. The van der Waals surface area contributed by atoms with Gasteiger partial charge < -0.3 is 5.32 Å². The Hall–Kier alpha value is -3.03. The molecule has 3 aromatic heterocycles. The first-order chi connectivity index (χ1) is 10.7. The Bertz CT molecular complexity index is 907. The van der Waals surface area contributed by atoms with E-state index in [1.165, 1.54) is 12.3 Å². The molecule has 8 nitrogen and oxygen atoms in total.